The molecule has 16 N–H and O–H groups in total. The smallest absolute Gasteiger partial charge is 0.329 e. The first kappa shape index (κ1) is 79.9. The fourth-order valence-electron chi connectivity index (χ4n) is 15.5. The molecule has 2 aromatic rings. The molecule has 0 bridgehead atoms. The Kier molecular flexibility index (Phi) is 23.6. The molecular formula is C72H104N14O20. The Morgan fingerprint density at radius 1 is 0.425 bits per heavy atom. The summed E-state index contributed by atoms with van der Waals surface area (Å²) in [6.07, 6.45) is -13.7. The highest BCUT2D eigenvalue weighted by Gasteiger charge is 2.64. The van der Waals surface area contributed by atoms with E-state index in [0.717, 1.165) is 19.8 Å². The second-order valence-electron chi connectivity index (χ2n) is 31.8. The number of fused-ring (bicyclic) bond motifs is 12. The second kappa shape index (κ2) is 31.3. The van der Waals surface area contributed by atoms with Gasteiger partial charge in [0.05, 0.1) is 24.4 Å². The number of hydrogen-bond acceptors (Lipinski definition) is 24. The summed E-state index contributed by atoms with van der Waals surface area (Å²) in [5.41, 5.74) is 2.62. The normalized spacial score (nSPS) is 33.7. The molecule has 106 heavy (non-hydrogen) atoms. The van der Waals surface area contributed by atoms with Crippen molar-refractivity contribution in [3.63, 3.8) is 0 Å². The minimum Gasteiger partial charge on any atom is -0.450 e. The molecule has 6 saturated heterocycles. The fraction of sp³-hybridized carbons (Fsp3) is 0.667. The summed E-state index contributed by atoms with van der Waals surface area (Å²) in [5.74, 6) is -15.1. The van der Waals surface area contributed by atoms with E-state index in [9.17, 15) is 69.0 Å². The minimum atomic E-state index is -2.21. The van der Waals surface area contributed by atoms with E-state index in [2.05, 4.69) is 53.4 Å². The highest BCUT2D eigenvalue weighted by molar-refractivity contribution is 6.01. The molecule has 0 spiro atoms. The van der Waals surface area contributed by atoms with Crippen LogP contribution in [0.4, 0.5) is 11.4 Å². The Morgan fingerprint density at radius 3 is 1.07 bits per heavy atom. The molecule has 34 heteroatoms. The van der Waals surface area contributed by atoms with Crippen molar-refractivity contribution in [1.82, 2.24) is 62.6 Å². The Hall–Kier alpha value is -8.64. The molecule has 8 aliphatic rings. The van der Waals surface area contributed by atoms with Gasteiger partial charge in [0.25, 0.3) is 11.8 Å². The quantitative estimate of drug-likeness (QED) is 0.104. The number of esters is 2. The molecule has 10 amide bonds. The molecule has 0 radical (unpaired) electrons. The van der Waals surface area contributed by atoms with Crippen LogP contribution in [0.5, 0.6) is 0 Å². The Labute approximate surface area is 614 Å². The molecule has 8 aliphatic heterocycles. The van der Waals surface area contributed by atoms with Crippen molar-refractivity contribution in [1.29, 1.82) is 0 Å². The van der Waals surface area contributed by atoms with E-state index in [4.69, 9.17) is 9.47 Å². The van der Waals surface area contributed by atoms with Gasteiger partial charge in [0, 0.05) is 61.3 Å². The van der Waals surface area contributed by atoms with Crippen LogP contribution in [0.15, 0.2) is 36.4 Å². The van der Waals surface area contributed by atoms with Crippen LogP contribution in [0.25, 0.3) is 11.1 Å². The van der Waals surface area contributed by atoms with E-state index in [1.165, 1.54) is 13.8 Å². The standard InChI is InChI=1S/C72H104N14O20/c1-29(2)19-45-57(91)81-53(35(13)87)63(97)83-49(61(95)79-51(31(5)6)67(101)105-55(33(9)10)65(99)85-47(59(93)75-45)23-39(89)27-73-85)25-71(103)41-21-37(15-17-43(41)77-69(71)83)38-16-18-44-42(22-38)72(104)26-50-62(96)80-52(32(7)8)68(102)106-56(34(11)12)66(100)86-48(24-40(90)28-74-86)60(94)76-46(20-30(3)4)58(92)82-54(36(14)88)64(98)84(50)70(72)78-44/h15-18,21-22,29-36,39-40,45-56,69-70,73-74,77-78,87-90,103-104H,19-20,23-28H2,1-14H3,(H,75,93)(H,76,94)(H,79,95)(H,80,96)(H,81,91)(H,82,92). The van der Waals surface area contributed by atoms with E-state index >= 15 is 19.2 Å². The van der Waals surface area contributed by atoms with Crippen LogP contribution in [0, 0.1) is 35.5 Å². The predicted molar refractivity (Wildman–Crippen MR) is 376 cm³/mol. The number of anilines is 2. The number of hydrazine groups is 2. The molecule has 20 unspecified atom stereocenters. The molecule has 0 aromatic heterocycles. The first-order chi connectivity index (χ1) is 49.7. The lowest BCUT2D eigenvalue weighted by molar-refractivity contribution is -0.172. The third-order valence-corrected chi connectivity index (χ3v) is 21.2. The summed E-state index contributed by atoms with van der Waals surface area (Å²) < 4.78 is 11.9. The number of hydrogen-bond donors (Lipinski definition) is 16. The number of ether oxygens (including phenoxy) is 2. The highest BCUT2D eigenvalue weighted by Crippen LogP contribution is 2.53. The third kappa shape index (κ3) is 15.6. The number of β-amino-alcohol motifs (C(OH)–C–C–N with tert-alkyl or cyclic N) is 2. The molecule has 582 valence electrons. The molecule has 6 fully saturated rings. The van der Waals surface area contributed by atoms with Crippen molar-refractivity contribution in [2.75, 3.05) is 23.7 Å². The summed E-state index contributed by atoms with van der Waals surface area (Å²) >= 11 is 0. The van der Waals surface area contributed by atoms with E-state index in [1.54, 1.807) is 119 Å². The van der Waals surface area contributed by atoms with Gasteiger partial charge in [-0.3, -0.25) is 58.0 Å². The van der Waals surface area contributed by atoms with Gasteiger partial charge in [-0.2, -0.15) is 0 Å². The third-order valence-electron chi connectivity index (χ3n) is 21.2. The molecule has 10 rings (SSSR count). The summed E-state index contributed by atoms with van der Waals surface area (Å²) in [6.45, 7) is 21.9. The molecule has 0 saturated carbocycles. The maximum absolute atomic E-state index is 15.5. The summed E-state index contributed by atoms with van der Waals surface area (Å²) in [5, 5.41) is 95.6. The predicted octanol–water partition coefficient (Wildman–Crippen LogP) is -2.40. The maximum Gasteiger partial charge on any atom is 0.329 e. The lowest BCUT2D eigenvalue weighted by Gasteiger charge is -2.40. The number of amides is 10. The van der Waals surface area contributed by atoms with Gasteiger partial charge in [-0.25, -0.2) is 20.4 Å². The second-order valence-corrected chi connectivity index (χ2v) is 31.8. The number of aliphatic hydroxyl groups is 6. The monoisotopic (exact) mass is 1480 g/mol. The number of nitrogens with one attached hydrogen (secondary N) is 10. The van der Waals surface area contributed by atoms with Crippen LogP contribution in [0.1, 0.15) is 147 Å². The molecule has 2 aromatic carbocycles. The lowest BCUT2D eigenvalue weighted by atomic mass is 9.86. The molecule has 34 nitrogen and oxygen atoms in total. The van der Waals surface area contributed by atoms with E-state index in [-0.39, 0.29) is 73.1 Å². The number of cyclic esters (lactones) is 2. The first-order valence-corrected chi connectivity index (χ1v) is 36.7. The van der Waals surface area contributed by atoms with Gasteiger partial charge >= 0.3 is 11.9 Å². The number of nitrogens with zero attached hydrogens (tertiary/aromatic N) is 4. The van der Waals surface area contributed by atoms with Crippen LogP contribution in [-0.2, 0) is 78.2 Å². The van der Waals surface area contributed by atoms with Crippen molar-refractivity contribution in [2.24, 2.45) is 35.5 Å². The van der Waals surface area contributed by atoms with E-state index < -0.39 is 228 Å². The van der Waals surface area contributed by atoms with Gasteiger partial charge in [0.1, 0.15) is 84.0 Å². The van der Waals surface area contributed by atoms with Gasteiger partial charge in [-0.05, 0) is 97.6 Å². The van der Waals surface area contributed by atoms with Crippen LogP contribution in [0.2, 0.25) is 0 Å². The first-order valence-electron chi connectivity index (χ1n) is 36.7. The SMILES string of the molecule is CC(C)CC1NC(=O)C2CC(O)CNN2C(=O)C(C(C)C)OC(=O)C(C(C)C)NC(=O)C2CC3(O)c4cc(-c5ccc6c(c5)C5(O)CC7C(=O)NC(C(C)C)C(=O)OC(C(C)C)C(=O)N8NCC(O)CC8C(=O)NC(CC(C)C)C(=O)NC(C(C)O)C(=O)N7C5N6)ccc4NC3N2C(=O)C(C(C)O)NC1=O. The Balaban J connectivity index is 1.01. The molecule has 0 aliphatic carbocycles. The van der Waals surface area contributed by atoms with Crippen molar-refractivity contribution < 1.29 is 97.6 Å². The number of carbonyl (C=O) groups is 12. The number of benzene rings is 2. The summed E-state index contributed by atoms with van der Waals surface area (Å²) in [4.78, 5) is 180. The Bertz CT molecular complexity index is 3540. The van der Waals surface area contributed by atoms with Gasteiger partial charge in [-0.1, -0.05) is 95.2 Å². The topological polar surface area (TPSA) is 478 Å². The van der Waals surface area contributed by atoms with E-state index in [0.29, 0.717) is 11.1 Å². The van der Waals surface area contributed by atoms with Crippen LogP contribution in [0.3, 0.4) is 0 Å². The van der Waals surface area contributed by atoms with Gasteiger partial charge in [-0.15, -0.1) is 0 Å². The number of carbonyl (C=O) groups excluding carboxylic acids is 12. The zero-order chi connectivity index (χ0) is 77.9. The minimum absolute atomic E-state index is 0.0334. The van der Waals surface area contributed by atoms with Crippen molar-refractivity contribution in [3.8, 4) is 11.1 Å². The molecular weight excluding hydrogens is 1380 g/mol. The lowest BCUT2D eigenvalue weighted by Crippen LogP contribution is -2.67. The van der Waals surface area contributed by atoms with Crippen LogP contribution in [-0.4, -0.2) is 244 Å². The van der Waals surface area contributed by atoms with Gasteiger partial charge < -0.3 is 92.4 Å². The fourth-order valence-corrected chi connectivity index (χ4v) is 15.5. The highest BCUT2D eigenvalue weighted by atomic mass is 16.6. The average molecular weight is 1490 g/mol. The van der Waals surface area contributed by atoms with Crippen molar-refractivity contribution in [3.05, 3.63) is 47.5 Å². The zero-order valence-electron chi connectivity index (χ0n) is 62.2. The van der Waals surface area contributed by atoms with Gasteiger partial charge in [0.2, 0.25) is 47.3 Å². The largest absolute Gasteiger partial charge is 0.450 e. The van der Waals surface area contributed by atoms with E-state index in [1.807, 2.05) is 0 Å². The van der Waals surface area contributed by atoms with Gasteiger partial charge in [0.15, 0.2) is 12.2 Å². The Morgan fingerprint density at radius 2 is 0.755 bits per heavy atom. The van der Waals surface area contributed by atoms with Crippen molar-refractivity contribution >= 4 is 82.4 Å². The van der Waals surface area contributed by atoms with Crippen molar-refractivity contribution in [2.45, 2.75) is 256 Å². The number of rotatable bonds is 11. The summed E-state index contributed by atoms with van der Waals surface area (Å²) in [6, 6.07) is -6.29. The zero-order valence-corrected chi connectivity index (χ0v) is 62.2. The average Bonchev–Trinajstić information content (AvgIpc) is 1.55. The summed E-state index contributed by atoms with van der Waals surface area (Å²) in [7, 11) is 0. The molecule has 20 atom stereocenters. The molecule has 8 heterocycles. The number of aliphatic hydroxyl groups excluding tert-OH is 4. The maximum atomic E-state index is 15.5. The van der Waals surface area contributed by atoms with Crippen LogP contribution < -0.4 is 53.4 Å². The van der Waals surface area contributed by atoms with Crippen LogP contribution >= 0.6 is 0 Å².